The van der Waals surface area contributed by atoms with E-state index in [1.807, 2.05) is 6.92 Å². The predicted octanol–water partition coefficient (Wildman–Crippen LogP) is 1.22. The Balaban J connectivity index is 3.15. The molecule has 0 fully saturated rings. The third-order valence-corrected chi connectivity index (χ3v) is 3.38. The van der Waals surface area contributed by atoms with E-state index in [-0.39, 0.29) is 6.16 Å². The lowest BCUT2D eigenvalue weighted by Gasteiger charge is -2.08. The van der Waals surface area contributed by atoms with Gasteiger partial charge in [0.15, 0.2) is 0 Å². The Morgan fingerprint density at radius 2 is 2.00 bits per heavy atom. The van der Waals surface area contributed by atoms with Crippen LogP contribution in [0, 0.1) is 0 Å². The standard InChI is InChI=1S/C9H22NO4P/c1-3-14-8-4-6-10-7-5-9-15(11,12)13-2/h10H,3-9H2,1-2H3,(H,11,12). The Hall–Kier alpha value is 0.0700. The SMILES string of the molecule is CCOCCCNCCCP(=O)(O)OC. The van der Waals surface area contributed by atoms with E-state index in [1.165, 1.54) is 7.11 Å². The van der Waals surface area contributed by atoms with Gasteiger partial charge in [-0.25, -0.2) is 0 Å². The van der Waals surface area contributed by atoms with E-state index in [0.29, 0.717) is 6.42 Å². The van der Waals surface area contributed by atoms with Crippen molar-refractivity contribution in [1.29, 1.82) is 0 Å². The molecule has 0 amide bonds. The lowest BCUT2D eigenvalue weighted by Crippen LogP contribution is -2.19. The van der Waals surface area contributed by atoms with Crippen LogP contribution in [0.1, 0.15) is 19.8 Å². The van der Waals surface area contributed by atoms with E-state index < -0.39 is 7.60 Å². The van der Waals surface area contributed by atoms with Crippen molar-refractivity contribution in [3.05, 3.63) is 0 Å². The van der Waals surface area contributed by atoms with Crippen LogP contribution >= 0.6 is 7.60 Å². The first-order valence-electron chi connectivity index (χ1n) is 5.28. The van der Waals surface area contributed by atoms with E-state index >= 15 is 0 Å². The summed E-state index contributed by atoms with van der Waals surface area (Å²) in [7, 11) is -2.04. The largest absolute Gasteiger partial charge is 0.382 e. The van der Waals surface area contributed by atoms with E-state index in [9.17, 15) is 4.57 Å². The van der Waals surface area contributed by atoms with Crippen molar-refractivity contribution in [3.63, 3.8) is 0 Å². The van der Waals surface area contributed by atoms with Crippen molar-refractivity contribution in [2.75, 3.05) is 39.6 Å². The van der Waals surface area contributed by atoms with Crippen molar-refractivity contribution >= 4 is 7.60 Å². The zero-order valence-electron chi connectivity index (χ0n) is 9.57. The zero-order chi connectivity index (χ0) is 11.6. The minimum Gasteiger partial charge on any atom is -0.382 e. The van der Waals surface area contributed by atoms with Gasteiger partial charge in [-0.3, -0.25) is 4.57 Å². The molecule has 0 aromatic heterocycles. The molecule has 0 aliphatic heterocycles. The van der Waals surface area contributed by atoms with Gasteiger partial charge in [0.2, 0.25) is 0 Å². The Bertz CT molecular complexity index is 189. The first kappa shape index (κ1) is 15.1. The van der Waals surface area contributed by atoms with Gasteiger partial charge >= 0.3 is 7.60 Å². The average Bonchev–Trinajstić information content (AvgIpc) is 2.22. The maximum atomic E-state index is 11.0. The molecule has 6 heteroatoms. The van der Waals surface area contributed by atoms with Crippen molar-refractivity contribution < 1.29 is 18.7 Å². The predicted molar refractivity (Wildman–Crippen MR) is 60.3 cm³/mol. The molecule has 0 saturated heterocycles. The highest BCUT2D eigenvalue weighted by Crippen LogP contribution is 2.40. The number of rotatable bonds is 10. The van der Waals surface area contributed by atoms with Crippen LogP contribution in [0.5, 0.6) is 0 Å². The second-order valence-corrected chi connectivity index (χ2v) is 5.28. The average molecular weight is 239 g/mol. The van der Waals surface area contributed by atoms with Gasteiger partial charge in [-0.1, -0.05) is 0 Å². The fraction of sp³-hybridized carbons (Fsp3) is 1.00. The highest BCUT2D eigenvalue weighted by atomic mass is 31.2. The van der Waals surface area contributed by atoms with Crippen LogP contribution in [0.3, 0.4) is 0 Å². The molecule has 1 atom stereocenters. The van der Waals surface area contributed by atoms with Crippen molar-refractivity contribution in [2.45, 2.75) is 19.8 Å². The molecular formula is C9H22NO4P. The second-order valence-electron chi connectivity index (χ2n) is 3.20. The molecule has 0 rings (SSSR count). The monoisotopic (exact) mass is 239 g/mol. The Morgan fingerprint density at radius 3 is 2.60 bits per heavy atom. The summed E-state index contributed by atoms with van der Waals surface area (Å²) in [4.78, 5) is 9.08. The third kappa shape index (κ3) is 10.4. The van der Waals surface area contributed by atoms with Crippen LogP contribution in [0.4, 0.5) is 0 Å². The first-order chi connectivity index (χ1) is 7.12. The maximum absolute atomic E-state index is 11.0. The van der Waals surface area contributed by atoms with Gasteiger partial charge < -0.3 is 19.5 Å². The molecule has 0 aromatic carbocycles. The van der Waals surface area contributed by atoms with Gasteiger partial charge in [0.25, 0.3) is 0 Å². The highest BCUT2D eigenvalue weighted by Gasteiger charge is 2.15. The molecule has 0 aliphatic rings. The van der Waals surface area contributed by atoms with Crippen molar-refractivity contribution in [3.8, 4) is 0 Å². The van der Waals surface area contributed by atoms with E-state index in [0.717, 1.165) is 32.7 Å². The van der Waals surface area contributed by atoms with Crippen LogP contribution in [0.25, 0.3) is 0 Å². The normalized spacial score (nSPS) is 15.1. The van der Waals surface area contributed by atoms with Gasteiger partial charge in [-0.15, -0.1) is 0 Å². The summed E-state index contributed by atoms with van der Waals surface area (Å²) in [6.45, 7) is 5.10. The molecule has 0 radical (unpaired) electrons. The molecule has 0 bridgehead atoms. The van der Waals surface area contributed by atoms with Crippen molar-refractivity contribution in [1.82, 2.24) is 5.32 Å². The molecule has 15 heavy (non-hydrogen) atoms. The molecule has 5 nitrogen and oxygen atoms in total. The van der Waals surface area contributed by atoms with E-state index in [1.54, 1.807) is 0 Å². The molecule has 92 valence electrons. The Kier molecular flexibility index (Phi) is 9.35. The van der Waals surface area contributed by atoms with Gasteiger partial charge in [0, 0.05) is 20.3 Å². The molecule has 2 N–H and O–H groups in total. The number of ether oxygens (including phenoxy) is 1. The van der Waals surface area contributed by atoms with Gasteiger partial charge in [-0.05, 0) is 32.9 Å². The Morgan fingerprint density at radius 1 is 1.33 bits per heavy atom. The number of nitrogens with one attached hydrogen (secondary N) is 1. The lowest BCUT2D eigenvalue weighted by atomic mass is 10.4. The Labute approximate surface area is 91.7 Å². The molecule has 0 heterocycles. The molecule has 0 aromatic rings. The quantitative estimate of drug-likeness (QED) is 0.443. The number of hydrogen-bond acceptors (Lipinski definition) is 4. The lowest BCUT2D eigenvalue weighted by molar-refractivity contribution is 0.145. The van der Waals surface area contributed by atoms with Gasteiger partial charge in [0.1, 0.15) is 0 Å². The van der Waals surface area contributed by atoms with E-state index in [2.05, 4.69) is 9.84 Å². The summed E-state index contributed by atoms with van der Waals surface area (Å²) in [5, 5.41) is 3.17. The van der Waals surface area contributed by atoms with Crippen LogP contribution < -0.4 is 5.32 Å². The highest BCUT2D eigenvalue weighted by molar-refractivity contribution is 7.52. The number of hydrogen-bond donors (Lipinski definition) is 2. The summed E-state index contributed by atoms with van der Waals surface area (Å²) in [6.07, 6.45) is 1.83. The molecular weight excluding hydrogens is 217 g/mol. The summed E-state index contributed by atoms with van der Waals surface area (Å²) in [5.74, 6) is 0. The van der Waals surface area contributed by atoms with Crippen molar-refractivity contribution in [2.24, 2.45) is 0 Å². The minimum absolute atomic E-state index is 0.210. The summed E-state index contributed by atoms with van der Waals surface area (Å²) >= 11 is 0. The minimum atomic E-state index is -3.30. The third-order valence-electron chi connectivity index (χ3n) is 1.93. The van der Waals surface area contributed by atoms with E-state index in [4.69, 9.17) is 9.63 Å². The maximum Gasteiger partial charge on any atom is 0.327 e. The summed E-state index contributed by atoms with van der Waals surface area (Å²) in [6, 6.07) is 0. The van der Waals surface area contributed by atoms with Crippen LogP contribution in [0.15, 0.2) is 0 Å². The molecule has 0 saturated carbocycles. The first-order valence-corrected chi connectivity index (χ1v) is 7.04. The zero-order valence-corrected chi connectivity index (χ0v) is 10.5. The van der Waals surface area contributed by atoms with Gasteiger partial charge in [0.05, 0.1) is 6.16 Å². The summed E-state index contributed by atoms with van der Waals surface area (Å²) < 4.78 is 20.7. The molecule has 1 unspecified atom stereocenters. The van der Waals surface area contributed by atoms with Crippen LogP contribution in [-0.2, 0) is 13.8 Å². The molecule has 0 spiro atoms. The van der Waals surface area contributed by atoms with Crippen LogP contribution in [0.2, 0.25) is 0 Å². The summed E-state index contributed by atoms with van der Waals surface area (Å²) in [5.41, 5.74) is 0. The fourth-order valence-corrected chi connectivity index (χ4v) is 1.80. The topological polar surface area (TPSA) is 67.8 Å². The smallest absolute Gasteiger partial charge is 0.327 e. The van der Waals surface area contributed by atoms with Gasteiger partial charge in [-0.2, -0.15) is 0 Å². The fourth-order valence-electron chi connectivity index (χ4n) is 1.06. The van der Waals surface area contributed by atoms with Crippen LogP contribution in [-0.4, -0.2) is 44.5 Å². The second kappa shape index (κ2) is 9.31. The molecule has 0 aliphatic carbocycles.